The van der Waals surface area contributed by atoms with Crippen LogP contribution in [0.5, 0.6) is 5.88 Å². The van der Waals surface area contributed by atoms with Gasteiger partial charge in [0.1, 0.15) is 0 Å². The van der Waals surface area contributed by atoms with Crippen LogP contribution in [0, 0.1) is 12.8 Å². The van der Waals surface area contributed by atoms with Crippen LogP contribution >= 0.6 is 0 Å². The van der Waals surface area contributed by atoms with Gasteiger partial charge in [0.05, 0.1) is 11.2 Å². The summed E-state index contributed by atoms with van der Waals surface area (Å²) in [6, 6.07) is 8.29. The molecule has 1 aromatic heterocycles. The summed E-state index contributed by atoms with van der Waals surface area (Å²) < 4.78 is 1.96. The molecule has 1 heterocycles. The maximum Gasteiger partial charge on any atom is 0.234 e. The van der Waals surface area contributed by atoms with Gasteiger partial charge in [0, 0.05) is 11.1 Å². The summed E-state index contributed by atoms with van der Waals surface area (Å²) >= 11 is 0. The minimum atomic E-state index is -0.176. The summed E-state index contributed by atoms with van der Waals surface area (Å²) in [6.07, 6.45) is 0.825. The van der Waals surface area contributed by atoms with Gasteiger partial charge in [-0.05, 0) is 45.6 Å². The van der Waals surface area contributed by atoms with Crippen molar-refractivity contribution in [3.05, 3.63) is 35.4 Å². The van der Waals surface area contributed by atoms with E-state index >= 15 is 0 Å². The maximum absolute atomic E-state index is 10.3. The highest BCUT2D eigenvalue weighted by molar-refractivity contribution is 5.69. The zero-order chi connectivity index (χ0) is 15.8. The minimum Gasteiger partial charge on any atom is -0.492 e. The molecule has 0 saturated heterocycles. The van der Waals surface area contributed by atoms with Crippen molar-refractivity contribution >= 4 is 0 Å². The fourth-order valence-corrected chi connectivity index (χ4v) is 2.64. The summed E-state index contributed by atoms with van der Waals surface area (Å²) in [5.74, 6) is 0.633. The first-order chi connectivity index (χ1) is 9.71. The van der Waals surface area contributed by atoms with Gasteiger partial charge in [0.15, 0.2) is 0 Å². The molecule has 0 atom stereocenters. The number of aromatic nitrogens is 2. The van der Waals surface area contributed by atoms with E-state index in [-0.39, 0.29) is 11.4 Å². The molecule has 2 aromatic rings. The van der Waals surface area contributed by atoms with Crippen LogP contribution < -0.4 is 0 Å². The average molecular weight is 286 g/mol. The number of aryl methyl sites for hydroxylation is 1. The Morgan fingerprint density at radius 2 is 1.81 bits per heavy atom. The Hall–Kier alpha value is -1.77. The quantitative estimate of drug-likeness (QED) is 0.901. The molecule has 0 spiro atoms. The molecule has 0 saturated carbocycles. The number of hydrogen-bond acceptors (Lipinski definition) is 2. The third-order valence-electron chi connectivity index (χ3n) is 3.61. The first-order valence-corrected chi connectivity index (χ1v) is 7.59. The standard InChI is InChI=1S/C18H26N2O/c1-12(2)11-15-16(14-10-8-7-9-13(14)3)20(18(4,5)6)19-17(15)21/h7-10,12H,11H2,1-6H3,(H,19,21). The molecule has 114 valence electrons. The lowest BCUT2D eigenvalue weighted by molar-refractivity contribution is 0.341. The molecule has 0 aliphatic heterocycles. The molecular formula is C18H26N2O. The highest BCUT2D eigenvalue weighted by Crippen LogP contribution is 2.36. The predicted molar refractivity (Wildman–Crippen MR) is 87.6 cm³/mol. The minimum absolute atomic E-state index is 0.164. The van der Waals surface area contributed by atoms with Crippen molar-refractivity contribution in [3.63, 3.8) is 0 Å². The molecule has 3 heteroatoms. The number of hydrogen-bond donors (Lipinski definition) is 1. The van der Waals surface area contributed by atoms with E-state index in [4.69, 9.17) is 0 Å². The van der Waals surface area contributed by atoms with Gasteiger partial charge < -0.3 is 5.11 Å². The Kier molecular flexibility index (Phi) is 4.13. The number of rotatable bonds is 3. The van der Waals surface area contributed by atoms with E-state index in [2.05, 4.69) is 58.8 Å². The maximum atomic E-state index is 10.3. The van der Waals surface area contributed by atoms with Gasteiger partial charge in [-0.3, -0.25) is 4.68 Å². The van der Waals surface area contributed by atoms with Gasteiger partial charge in [0.25, 0.3) is 0 Å². The summed E-state index contributed by atoms with van der Waals surface area (Å²) in [5, 5.41) is 14.8. The smallest absolute Gasteiger partial charge is 0.234 e. The van der Waals surface area contributed by atoms with Gasteiger partial charge in [-0.1, -0.05) is 38.1 Å². The van der Waals surface area contributed by atoms with Gasteiger partial charge >= 0.3 is 0 Å². The molecule has 3 nitrogen and oxygen atoms in total. The summed E-state index contributed by atoms with van der Waals surface area (Å²) in [4.78, 5) is 0. The topological polar surface area (TPSA) is 38.1 Å². The largest absolute Gasteiger partial charge is 0.492 e. The molecule has 21 heavy (non-hydrogen) atoms. The van der Waals surface area contributed by atoms with Crippen molar-refractivity contribution in [2.75, 3.05) is 0 Å². The van der Waals surface area contributed by atoms with E-state index in [0.29, 0.717) is 5.92 Å². The van der Waals surface area contributed by atoms with Gasteiger partial charge in [-0.2, -0.15) is 0 Å². The van der Waals surface area contributed by atoms with E-state index in [0.717, 1.165) is 23.2 Å². The SMILES string of the molecule is Cc1ccccc1-c1c(CC(C)C)c(O)nn1C(C)(C)C. The fraction of sp³-hybridized carbons (Fsp3) is 0.500. The van der Waals surface area contributed by atoms with Crippen molar-refractivity contribution in [2.24, 2.45) is 5.92 Å². The molecule has 0 amide bonds. The van der Waals surface area contributed by atoms with Crippen molar-refractivity contribution in [1.82, 2.24) is 9.78 Å². The molecule has 0 unspecified atom stereocenters. The molecule has 0 bridgehead atoms. The second-order valence-corrected chi connectivity index (χ2v) is 7.15. The fourth-order valence-electron chi connectivity index (χ4n) is 2.64. The van der Waals surface area contributed by atoms with Crippen molar-refractivity contribution in [1.29, 1.82) is 0 Å². The van der Waals surface area contributed by atoms with Crippen LogP contribution in [0.3, 0.4) is 0 Å². The normalized spacial score (nSPS) is 12.1. The zero-order valence-corrected chi connectivity index (χ0v) is 13.9. The van der Waals surface area contributed by atoms with Crippen LogP contribution in [0.15, 0.2) is 24.3 Å². The van der Waals surface area contributed by atoms with Crippen LogP contribution in [0.25, 0.3) is 11.3 Å². The van der Waals surface area contributed by atoms with E-state index in [1.165, 1.54) is 5.56 Å². The first-order valence-electron chi connectivity index (χ1n) is 7.59. The van der Waals surface area contributed by atoms with E-state index < -0.39 is 0 Å². The average Bonchev–Trinajstić information content (AvgIpc) is 2.67. The number of aromatic hydroxyl groups is 1. The lowest BCUT2D eigenvalue weighted by atomic mass is 9.95. The molecule has 0 aliphatic carbocycles. The first kappa shape index (κ1) is 15.6. The monoisotopic (exact) mass is 286 g/mol. The van der Waals surface area contributed by atoms with Crippen LogP contribution in [0.1, 0.15) is 45.7 Å². The zero-order valence-electron chi connectivity index (χ0n) is 13.9. The third-order valence-corrected chi connectivity index (χ3v) is 3.61. The summed E-state index contributed by atoms with van der Waals surface area (Å²) in [6.45, 7) is 12.8. The van der Waals surface area contributed by atoms with E-state index in [1.54, 1.807) is 0 Å². The molecule has 1 aromatic carbocycles. The van der Waals surface area contributed by atoms with E-state index in [9.17, 15) is 5.11 Å². The second-order valence-electron chi connectivity index (χ2n) is 7.15. The highest BCUT2D eigenvalue weighted by atomic mass is 16.3. The Labute approximate surface area is 127 Å². The molecular weight excluding hydrogens is 260 g/mol. The van der Waals surface area contributed by atoms with Crippen LogP contribution in [-0.2, 0) is 12.0 Å². The van der Waals surface area contributed by atoms with E-state index in [1.807, 2.05) is 16.8 Å². The molecule has 0 aliphatic rings. The van der Waals surface area contributed by atoms with Crippen molar-refractivity contribution < 1.29 is 5.11 Å². The molecule has 0 radical (unpaired) electrons. The Morgan fingerprint density at radius 3 is 2.33 bits per heavy atom. The van der Waals surface area contributed by atoms with Crippen LogP contribution in [0.4, 0.5) is 0 Å². The lowest BCUT2D eigenvalue weighted by Gasteiger charge is -2.23. The Morgan fingerprint density at radius 1 is 1.19 bits per heavy atom. The summed E-state index contributed by atoms with van der Waals surface area (Å²) in [5.41, 5.74) is 4.18. The number of benzene rings is 1. The lowest BCUT2D eigenvalue weighted by Crippen LogP contribution is -2.24. The van der Waals surface area contributed by atoms with Gasteiger partial charge in [-0.15, -0.1) is 5.10 Å². The Bertz CT molecular complexity index is 633. The van der Waals surface area contributed by atoms with Crippen LogP contribution in [0.2, 0.25) is 0 Å². The summed E-state index contributed by atoms with van der Waals surface area (Å²) in [7, 11) is 0. The van der Waals surface area contributed by atoms with Crippen molar-refractivity contribution in [3.8, 4) is 17.1 Å². The predicted octanol–water partition coefficient (Wildman–Crippen LogP) is 4.52. The Balaban J connectivity index is 2.74. The molecule has 2 rings (SSSR count). The van der Waals surface area contributed by atoms with Gasteiger partial charge in [-0.25, -0.2) is 0 Å². The second kappa shape index (κ2) is 5.55. The molecule has 1 N–H and O–H groups in total. The van der Waals surface area contributed by atoms with Gasteiger partial charge in [0.2, 0.25) is 5.88 Å². The third kappa shape index (κ3) is 3.12. The molecule has 0 fully saturated rings. The van der Waals surface area contributed by atoms with Crippen molar-refractivity contribution in [2.45, 2.75) is 53.5 Å². The highest BCUT2D eigenvalue weighted by Gasteiger charge is 2.26. The van der Waals surface area contributed by atoms with Crippen LogP contribution in [-0.4, -0.2) is 14.9 Å². The number of nitrogens with zero attached hydrogens (tertiary/aromatic N) is 2.